The Balaban J connectivity index is 2.31. The first-order valence-corrected chi connectivity index (χ1v) is 5.93. The zero-order valence-corrected chi connectivity index (χ0v) is 10.3. The van der Waals surface area contributed by atoms with Crippen LogP contribution in [0.1, 0.15) is 33.1 Å². The Labute approximate surface area is 93.4 Å². The van der Waals surface area contributed by atoms with Crippen molar-refractivity contribution in [2.75, 3.05) is 33.4 Å². The fourth-order valence-corrected chi connectivity index (χ4v) is 2.20. The van der Waals surface area contributed by atoms with Crippen molar-refractivity contribution in [3.8, 4) is 0 Å². The molecule has 0 aliphatic carbocycles. The maximum atomic E-state index is 9.66. The molecule has 0 radical (unpaired) electrons. The van der Waals surface area contributed by atoms with Gasteiger partial charge in [0.2, 0.25) is 0 Å². The van der Waals surface area contributed by atoms with Crippen LogP contribution in [0.5, 0.6) is 0 Å². The van der Waals surface area contributed by atoms with Gasteiger partial charge < -0.3 is 14.7 Å². The van der Waals surface area contributed by atoms with Crippen LogP contribution >= 0.6 is 0 Å². The van der Waals surface area contributed by atoms with Crippen molar-refractivity contribution < 1.29 is 9.84 Å². The highest BCUT2D eigenvalue weighted by molar-refractivity contribution is 4.77. The highest BCUT2D eigenvalue weighted by Gasteiger charge is 2.23. The largest absolute Gasteiger partial charge is 0.389 e. The molecule has 0 aromatic rings. The third kappa shape index (κ3) is 4.96. The molecule has 0 amide bonds. The van der Waals surface area contributed by atoms with Crippen molar-refractivity contribution in [1.29, 1.82) is 0 Å². The highest BCUT2D eigenvalue weighted by atomic mass is 16.5. The summed E-state index contributed by atoms with van der Waals surface area (Å²) in [5.41, 5.74) is 0.473. The lowest BCUT2D eigenvalue weighted by Gasteiger charge is -2.24. The van der Waals surface area contributed by atoms with Crippen LogP contribution in [0.4, 0.5) is 0 Å². The van der Waals surface area contributed by atoms with Crippen molar-refractivity contribution in [3.05, 3.63) is 0 Å². The molecule has 3 nitrogen and oxygen atoms in total. The lowest BCUT2D eigenvalue weighted by molar-refractivity contribution is 0.0379. The minimum atomic E-state index is -0.337. The Hall–Kier alpha value is -0.120. The van der Waals surface area contributed by atoms with E-state index >= 15 is 0 Å². The number of β-amino-alcohol motifs (C(OH)–C–C–N with tert-alkyl or cyclic N) is 1. The van der Waals surface area contributed by atoms with Crippen molar-refractivity contribution in [3.63, 3.8) is 0 Å². The molecule has 0 aromatic carbocycles. The molecule has 1 heterocycles. The van der Waals surface area contributed by atoms with Crippen LogP contribution in [-0.4, -0.2) is 49.5 Å². The van der Waals surface area contributed by atoms with Gasteiger partial charge in [-0.25, -0.2) is 0 Å². The molecule has 1 rings (SSSR count). The molecule has 1 N–H and O–H groups in total. The highest BCUT2D eigenvalue weighted by Crippen LogP contribution is 2.29. The molecule has 1 fully saturated rings. The monoisotopic (exact) mass is 215 g/mol. The van der Waals surface area contributed by atoms with E-state index in [1.54, 1.807) is 7.11 Å². The topological polar surface area (TPSA) is 32.7 Å². The van der Waals surface area contributed by atoms with E-state index < -0.39 is 0 Å². The van der Waals surface area contributed by atoms with Crippen molar-refractivity contribution in [1.82, 2.24) is 4.90 Å². The van der Waals surface area contributed by atoms with E-state index in [-0.39, 0.29) is 6.10 Å². The van der Waals surface area contributed by atoms with Gasteiger partial charge in [0.15, 0.2) is 0 Å². The van der Waals surface area contributed by atoms with Crippen LogP contribution in [0, 0.1) is 5.41 Å². The van der Waals surface area contributed by atoms with Crippen LogP contribution < -0.4 is 0 Å². The van der Waals surface area contributed by atoms with E-state index in [1.807, 2.05) is 0 Å². The van der Waals surface area contributed by atoms with Gasteiger partial charge in [-0.1, -0.05) is 13.8 Å². The molecule has 1 aliphatic rings. The molecule has 3 heteroatoms. The SMILES string of the molecule is COCC(O)CN1CCCC(C)(C)CC1. The summed E-state index contributed by atoms with van der Waals surface area (Å²) in [4.78, 5) is 2.36. The molecule has 1 aliphatic heterocycles. The fraction of sp³-hybridized carbons (Fsp3) is 1.00. The van der Waals surface area contributed by atoms with E-state index in [4.69, 9.17) is 4.74 Å². The quantitative estimate of drug-likeness (QED) is 0.771. The predicted octanol–water partition coefficient (Wildman–Crippen LogP) is 1.51. The second-order valence-electron chi connectivity index (χ2n) is 5.43. The summed E-state index contributed by atoms with van der Waals surface area (Å²) in [7, 11) is 1.63. The van der Waals surface area contributed by atoms with Crippen LogP contribution in [-0.2, 0) is 4.74 Å². The molecule has 1 unspecified atom stereocenters. The summed E-state index contributed by atoms with van der Waals surface area (Å²) in [6, 6.07) is 0. The number of hydrogen-bond acceptors (Lipinski definition) is 3. The number of rotatable bonds is 4. The maximum Gasteiger partial charge on any atom is 0.0900 e. The molecule has 1 saturated heterocycles. The Bertz CT molecular complexity index is 182. The number of aliphatic hydroxyl groups excluding tert-OH is 1. The van der Waals surface area contributed by atoms with Gasteiger partial charge in [0.1, 0.15) is 0 Å². The molecular formula is C12H25NO2. The fourth-order valence-electron chi connectivity index (χ4n) is 2.20. The second-order valence-corrected chi connectivity index (χ2v) is 5.43. The van der Waals surface area contributed by atoms with Crippen molar-refractivity contribution >= 4 is 0 Å². The summed E-state index contributed by atoms with van der Waals surface area (Å²) in [6.07, 6.45) is 3.43. The van der Waals surface area contributed by atoms with E-state index in [2.05, 4.69) is 18.7 Å². The number of nitrogens with zero attached hydrogens (tertiary/aromatic N) is 1. The van der Waals surface area contributed by atoms with Gasteiger partial charge in [-0.05, 0) is 37.8 Å². The number of aliphatic hydroxyl groups is 1. The summed E-state index contributed by atoms with van der Waals surface area (Å²) in [6.45, 7) is 8.09. The average molecular weight is 215 g/mol. The van der Waals surface area contributed by atoms with E-state index in [1.165, 1.54) is 19.3 Å². The van der Waals surface area contributed by atoms with Gasteiger partial charge in [-0.15, -0.1) is 0 Å². The second kappa shape index (κ2) is 5.83. The smallest absolute Gasteiger partial charge is 0.0900 e. The maximum absolute atomic E-state index is 9.66. The molecular weight excluding hydrogens is 190 g/mol. The van der Waals surface area contributed by atoms with Gasteiger partial charge in [0.25, 0.3) is 0 Å². The summed E-state index contributed by atoms with van der Waals surface area (Å²) < 4.78 is 4.94. The number of likely N-dealkylation sites (tertiary alicyclic amines) is 1. The van der Waals surface area contributed by atoms with Crippen LogP contribution in [0.2, 0.25) is 0 Å². The van der Waals surface area contributed by atoms with Crippen LogP contribution in [0.15, 0.2) is 0 Å². The first-order valence-electron chi connectivity index (χ1n) is 5.93. The minimum Gasteiger partial charge on any atom is -0.389 e. The Morgan fingerprint density at radius 3 is 2.73 bits per heavy atom. The third-order valence-electron chi connectivity index (χ3n) is 3.26. The summed E-state index contributed by atoms with van der Waals surface area (Å²) >= 11 is 0. The molecule has 0 saturated carbocycles. The number of methoxy groups -OCH3 is 1. The normalized spacial score (nSPS) is 24.8. The first kappa shape index (κ1) is 12.9. The Morgan fingerprint density at radius 1 is 1.33 bits per heavy atom. The standard InChI is InChI=1S/C12H25NO2/c1-12(2)5-4-7-13(8-6-12)9-11(14)10-15-3/h11,14H,4-10H2,1-3H3. The summed E-state index contributed by atoms with van der Waals surface area (Å²) in [5, 5.41) is 9.66. The average Bonchev–Trinajstić information content (AvgIpc) is 2.28. The van der Waals surface area contributed by atoms with Gasteiger partial charge in [-0.2, -0.15) is 0 Å². The number of ether oxygens (including phenoxy) is 1. The van der Waals surface area contributed by atoms with Gasteiger partial charge in [0, 0.05) is 13.7 Å². The van der Waals surface area contributed by atoms with E-state index in [0.717, 1.165) is 19.6 Å². The minimum absolute atomic E-state index is 0.337. The van der Waals surface area contributed by atoms with Gasteiger partial charge >= 0.3 is 0 Å². The van der Waals surface area contributed by atoms with Gasteiger partial charge in [0.05, 0.1) is 12.7 Å². The molecule has 0 bridgehead atoms. The van der Waals surface area contributed by atoms with Crippen molar-refractivity contribution in [2.45, 2.75) is 39.2 Å². The Morgan fingerprint density at radius 2 is 2.07 bits per heavy atom. The Kier molecular flexibility index (Phi) is 5.03. The van der Waals surface area contributed by atoms with E-state index in [9.17, 15) is 5.11 Å². The van der Waals surface area contributed by atoms with Crippen molar-refractivity contribution in [2.24, 2.45) is 5.41 Å². The predicted molar refractivity (Wildman–Crippen MR) is 62.0 cm³/mol. The van der Waals surface area contributed by atoms with Gasteiger partial charge in [-0.3, -0.25) is 0 Å². The van der Waals surface area contributed by atoms with Crippen LogP contribution in [0.25, 0.3) is 0 Å². The van der Waals surface area contributed by atoms with Crippen LogP contribution in [0.3, 0.4) is 0 Å². The first-order chi connectivity index (χ1) is 7.03. The zero-order chi connectivity index (χ0) is 11.3. The lowest BCUT2D eigenvalue weighted by atomic mass is 9.85. The molecule has 1 atom stereocenters. The molecule has 90 valence electrons. The molecule has 0 aromatic heterocycles. The molecule has 0 spiro atoms. The number of hydrogen-bond donors (Lipinski definition) is 1. The van der Waals surface area contributed by atoms with E-state index in [0.29, 0.717) is 12.0 Å². The summed E-state index contributed by atoms with van der Waals surface area (Å²) in [5.74, 6) is 0. The third-order valence-corrected chi connectivity index (χ3v) is 3.26. The molecule has 15 heavy (non-hydrogen) atoms. The zero-order valence-electron chi connectivity index (χ0n) is 10.3. The lowest BCUT2D eigenvalue weighted by Crippen LogP contribution is -2.35.